The van der Waals surface area contributed by atoms with Gasteiger partial charge in [-0.3, -0.25) is 0 Å². The Morgan fingerprint density at radius 3 is 2.50 bits per heavy atom. The van der Waals surface area contributed by atoms with Crippen LogP contribution in [0.25, 0.3) is 0 Å². The number of pyridine rings is 1. The molecule has 0 aromatic carbocycles. The molecule has 0 saturated heterocycles. The zero-order valence-corrected chi connectivity index (χ0v) is 10.2. The van der Waals surface area contributed by atoms with Crippen LogP contribution in [0.5, 0.6) is 0 Å². The lowest BCUT2D eigenvalue weighted by atomic mass is 10.4. The number of nitrogens with zero attached hydrogens (tertiary/aromatic N) is 1. The van der Waals surface area contributed by atoms with Gasteiger partial charge in [0.05, 0.1) is 19.8 Å². The number of hydrogen-bond donors (Lipinski definition) is 3. The molecule has 0 unspecified atom stereocenters. The third-order valence-corrected chi connectivity index (χ3v) is 2.05. The highest BCUT2D eigenvalue weighted by molar-refractivity contribution is 5.47. The van der Waals surface area contributed by atoms with Crippen LogP contribution in [0.3, 0.4) is 0 Å². The van der Waals surface area contributed by atoms with Crippen LogP contribution < -0.4 is 10.6 Å². The molecule has 1 aromatic heterocycles. The summed E-state index contributed by atoms with van der Waals surface area (Å²) in [6, 6.07) is 0.780. The van der Waals surface area contributed by atoms with Crippen LogP contribution in [0.2, 0.25) is 0 Å². The van der Waals surface area contributed by atoms with Gasteiger partial charge in [-0.1, -0.05) is 0 Å². The van der Waals surface area contributed by atoms with Gasteiger partial charge in [-0.2, -0.15) is 0 Å². The number of anilines is 2. The molecule has 0 atom stereocenters. The highest BCUT2D eigenvalue weighted by Crippen LogP contribution is 2.18. The molecule has 0 aliphatic rings. The number of rotatable bonds is 8. The molecule has 7 heteroatoms. The zero-order valence-electron chi connectivity index (χ0n) is 10.2. The van der Waals surface area contributed by atoms with E-state index in [0.29, 0.717) is 19.7 Å². The molecule has 102 valence electrons. The fraction of sp³-hybridized carbons (Fsp3) is 0.545. The van der Waals surface area contributed by atoms with Crippen molar-refractivity contribution in [3.63, 3.8) is 0 Å². The maximum atomic E-state index is 13.4. The first-order chi connectivity index (χ1) is 8.69. The summed E-state index contributed by atoms with van der Waals surface area (Å²) < 4.78 is 31.6. The minimum absolute atomic E-state index is 0.0117. The number of nitrogens with one attached hydrogen (secondary N) is 2. The molecular weight excluding hydrogens is 244 g/mol. The Labute approximate surface area is 104 Å². The molecule has 0 bridgehead atoms. The van der Waals surface area contributed by atoms with Gasteiger partial charge in [0.15, 0.2) is 23.3 Å². The molecule has 0 aliphatic carbocycles. The number of aromatic nitrogens is 1. The van der Waals surface area contributed by atoms with E-state index in [9.17, 15) is 8.78 Å². The van der Waals surface area contributed by atoms with E-state index in [1.807, 2.05) is 0 Å². The predicted octanol–water partition coefficient (Wildman–Crippen LogP) is 1.21. The Kier molecular flexibility index (Phi) is 6.31. The number of aliphatic hydroxyl groups is 1. The van der Waals surface area contributed by atoms with E-state index in [2.05, 4.69) is 15.6 Å². The van der Waals surface area contributed by atoms with Crippen molar-refractivity contribution >= 4 is 11.6 Å². The van der Waals surface area contributed by atoms with Gasteiger partial charge in [0.1, 0.15) is 0 Å². The molecule has 3 N–H and O–H groups in total. The van der Waals surface area contributed by atoms with Crippen molar-refractivity contribution in [1.82, 2.24) is 4.98 Å². The van der Waals surface area contributed by atoms with E-state index in [4.69, 9.17) is 9.84 Å². The number of ether oxygens (including phenoxy) is 1. The zero-order chi connectivity index (χ0) is 13.4. The summed E-state index contributed by atoms with van der Waals surface area (Å²) in [5.74, 6) is -1.50. The summed E-state index contributed by atoms with van der Waals surface area (Å²) in [7, 11) is 0. The summed E-state index contributed by atoms with van der Waals surface area (Å²) >= 11 is 0. The average molecular weight is 261 g/mol. The summed E-state index contributed by atoms with van der Waals surface area (Å²) in [5, 5.41) is 13.9. The van der Waals surface area contributed by atoms with Crippen molar-refractivity contribution in [2.75, 3.05) is 43.5 Å². The van der Waals surface area contributed by atoms with Crippen LogP contribution in [0.15, 0.2) is 6.07 Å². The third kappa shape index (κ3) is 4.42. The topological polar surface area (TPSA) is 66.4 Å². The lowest BCUT2D eigenvalue weighted by Gasteiger charge is -2.10. The lowest BCUT2D eigenvalue weighted by Crippen LogP contribution is -2.14. The molecule has 0 saturated carbocycles. The second kappa shape index (κ2) is 7.78. The van der Waals surface area contributed by atoms with Gasteiger partial charge in [-0.15, -0.1) is 0 Å². The Morgan fingerprint density at radius 2 is 1.89 bits per heavy atom. The van der Waals surface area contributed by atoms with Crippen LogP contribution in [0.1, 0.15) is 6.92 Å². The fourth-order valence-electron chi connectivity index (χ4n) is 1.29. The molecule has 18 heavy (non-hydrogen) atoms. The molecule has 1 rings (SSSR count). The van der Waals surface area contributed by atoms with Crippen molar-refractivity contribution in [3.8, 4) is 0 Å². The van der Waals surface area contributed by atoms with Crippen LogP contribution in [-0.2, 0) is 4.74 Å². The van der Waals surface area contributed by atoms with Crippen LogP contribution in [0.4, 0.5) is 20.4 Å². The largest absolute Gasteiger partial charge is 0.394 e. The van der Waals surface area contributed by atoms with Crippen LogP contribution in [0, 0.1) is 11.6 Å². The Hall–Kier alpha value is -1.47. The second-order valence-corrected chi connectivity index (χ2v) is 3.44. The summed E-state index contributed by atoms with van der Waals surface area (Å²) in [5.41, 5.74) is 0. The Balaban J connectivity index is 2.56. The van der Waals surface area contributed by atoms with Gasteiger partial charge in [-0.05, 0) is 6.92 Å². The normalized spacial score (nSPS) is 10.4. The summed E-state index contributed by atoms with van der Waals surface area (Å²) in [6.07, 6.45) is 0. The van der Waals surface area contributed by atoms with Crippen molar-refractivity contribution in [2.24, 2.45) is 0 Å². The first-order valence-electron chi connectivity index (χ1n) is 5.71. The molecular formula is C11H17F2N3O2. The molecule has 0 spiro atoms. The molecule has 1 heterocycles. The predicted molar refractivity (Wildman–Crippen MR) is 64.7 cm³/mol. The van der Waals surface area contributed by atoms with Gasteiger partial charge in [-0.25, -0.2) is 13.8 Å². The summed E-state index contributed by atoms with van der Waals surface area (Å²) in [4.78, 5) is 3.80. The van der Waals surface area contributed by atoms with Gasteiger partial charge < -0.3 is 20.5 Å². The van der Waals surface area contributed by atoms with E-state index < -0.39 is 11.6 Å². The quantitative estimate of drug-likeness (QED) is 0.614. The van der Waals surface area contributed by atoms with Crippen molar-refractivity contribution in [3.05, 3.63) is 17.7 Å². The first kappa shape index (κ1) is 14.6. The third-order valence-electron chi connectivity index (χ3n) is 2.05. The standard InChI is InChI=1S/C11H17F2N3O2/c1-2-14-10-8(12)7-9(13)11(16-10)15-3-5-18-6-4-17/h7,17H,2-6H2,1H3,(H2,14,15,16). The smallest absolute Gasteiger partial charge is 0.168 e. The van der Waals surface area contributed by atoms with E-state index in [0.717, 1.165) is 6.07 Å². The first-order valence-corrected chi connectivity index (χ1v) is 5.71. The van der Waals surface area contributed by atoms with E-state index in [-0.39, 0.29) is 24.8 Å². The number of aliphatic hydroxyl groups excluding tert-OH is 1. The van der Waals surface area contributed by atoms with Crippen molar-refractivity contribution in [2.45, 2.75) is 6.92 Å². The summed E-state index contributed by atoms with van der Waals surface area (Å²) in [6.45, 7) is 3.07. The lowest BCUT2D eigenvalue weighted by molar-refractivity contribution is 0.0991. The minimum atomic E-state index is -0.753. The van der Waals surface area contributed by atoms with E-state index in [1.165, 1.54) is 0 Å². The molecule has 0 fully saturated rings. The van der Waals surface area contributed by atoms with Gasteiger partial charge in [0.25, 0.3) is 0 Å². The molecule has 0 aliphatic heterocycles. The minimum Gasteiger partial charge on any atom is -0.394 e. The van der Waals surface area contributed by atoms with Gasteiger partial charge in [0.2, 0.25) is 0 Å². The van der Waals surface area contributed by atoms with E-state index in [1.54, 1.807) is 6.92 Å². The average Bonchev–Trinajstić information content (AvgIpc) is 2.34. The highest BCUT2D eigenvalue weighted by Gasteiger charge is 2.10. The monoisotopic (exact) mass is 261 g/mol. The Morgan fingerprint density at radius 1 is 1.22 bits per heavy atom. The number of halogens is 2. The maximum absolute atomic E-state index is 13.4. The van der Waals surface area contributed by atoms with Gasteiger partial charge >= 0.3 is 0 Å². The molecule has 0 amide bonds. The fourth-order valence-corrected chi connectivity index (χ4v) is 1.29. The Bertz CT molecular complexity index is 378. The molecule has 5 nitrogen and oxygen atoms in total. The molecule has 0 radical (unpaired) electrons. The van der Waals surface area contributed by atoms with Crippen molar-refractivity contribution < 1.29 is 18.6 Å². The van der Waals surface area contributed by atoms with Gasteiger partial charge in [0, 0.05) is 19.2 Å². The highest BCUT2D eigenvalue weighted by atomic mass is 19.1. The van der Waals surface area contributed by atoms with Crippen LogP contribution >= 0.6 is 0 Å². The SMILES string of the molecule is CCNc1nc(NCCOCCO)c(F)cc1F. The maximum Gasteiger partial charge on any atom is 0.168 e. The van der Waals surface area contributed by atoms with E-state index >= 15 is 0 Å². The van der Waals surface area contributed by atoms with Crippen molar-refractivity contribution in [1.29, 1.82) is 0 Å². The number of hydrogen-bond acceptors (Lipinski definition) is 5. The molecule has 1 aromatic rings. The van der Waals surface area contributed by atoms with Crippen LogP contribution in [-0.4, -0.2) is 43.0 Å². The second-order valence-electron chi connectivity index (χ2n) is 3.44.